The third-order valence-electron chi connectivity index (χ3n) is 5.66. The lowest BCUT2D eigenvalue weighted by Gasteiger charge is -2.31. The number of allylic oxidation sites excluding steroid dienone is 2. The number of carboxylic acids is 1. The van der Waals surface area contributed by atoms with Crippen LogP contribution in [0.15, 0.2) is 52.9 Å². The zero-order valence-corrected chi connectivity index (χ0v) is 15.8. The first-order valence-corrected chi connectivity index (χ1v) is 9.98. The van der Waals surface area contributed by atoms with E-state index in [4.69, 9.17) is 0 Å². The maximum absolute atomic E-state index is 12.8. The van der Waals surface area contributed by atoms with Crippen LogP contribution in [0, 0.1) is 0 Å². The Bertz CT molecular complexity index is 1010. The number of benzene rings is 1. The highest BCUT2D eigenvalue weighted by Crippen LogP contribution is 2.35. The molecule has 0 saturated carbocycles. The maximum Gasteiger partial charge on any atom is 0.360 e. The van der Waals surface area contributed by atoms with Crippen molar-refractivity contribution in [3.63, 3.8) is 0 Å². The predicted octanol–water partition coefficient (Wildman–Crippen LogP) is 3.44. The number of aromatic carboxylic acids is 1. The van der Waals surface area contributed by atoms with Crippen LogP contribution >= 0.6 is 0 Å². The molecular weight excluding hydrogens is 354 g/mol. The first-order chi connectivity index (χ1) is 13.6. The molecule has 0 saturated heterocycles. The quantitative estimate of drug-likeness (QED) is 0.751. The molecule has 0 spiro atoms. The summed E-state index contributed by atoms with van der Waals surface area (Å²) in [6.45, 7) is 0.848. The minimum atomic E-state index is -1.28. The number of hydrogen-bond acceptors (Lipinski definition) is 4. The lowest BCUT2D eigenvalue weighted by atomic mass is 9.88. The van der Waals surface area contributed by atoms with Gasteiger partial charge in [-0.2, -0.15) is 0 Å². The molecule has 0 amide bonds. The Morgan fingerprint density at radius 3 is 2.93 bits per heavy atom. The zero-order chi connectivity index (χ0) is 19.5. The van der Waals surface area contributed by atoms with Crippen molar-refractivity contribution in [1.29, 1.82) is 0 Å². The summed E-state index contributed by atoms with van der Waals surface area (Å²) in [5, 5.41) is 13.0. The van der Waals surface area contributed by atoms with E-state index >= 15 is 0 Å². The van der Waals surface area contributed by atoms with E-state index in [2.05, 4.69) is 28.5 Å². The highest BCUT2D eigenvalue weighted by molar-refractivity contribution is 5.88. The topological polar surface area (TPSA) is 84.2 Å². The summed E-state index contributed by atoms with van der Waals surface area (Å²) in [5.41, 5.74) is 1.47. The molecule has 146 valence electrons. The van der Waals surface area contributed by atoms with Gasteiger partial charge in [-0.3, -0.25) is 9.36 Å². The summed E-state index contributed by atoms with van der Waals surface area (Å²) in [6, 6.07) is 7.56. The molecule has 2 N–H and O–H groups in total. The summed E-state index contributed by atoms with van der Waals surface area (Å²) in [4.78, 5) is 28.4. The molecule has 0 radical (unpaired) electrons. The Labute approximate surface area is 163 Å². The standard InChI is InChI=1S/C22H25N3O3/c26-21-20(22(27)28)24-17-9-5-6-10-19(17)25(21)18-12-11-15(18)13-14-23-16-7-3-1-2-4-8-16/h3,5-7,9-11,16,18,23H,1-2,4,8,12-14H2,(H,27,28)/t16?,18-/m1/s1. The van der Waals surface area contributed by atoms with Gasteiger partial charge in [0.25, 0.3) is 5.56 Å². The van der Waals surface area contributed by atoms with Crippen LogP contribution in [0.1, 0.15) is 55.1 Å². The largest absolute Gasteiger partial charge is 0.476 e. The Morgan fingerprint density at radius 1 is 1.29 bits per heavy atom. The van der Waals surface area contributed by atoms with Crippen LogP contribution in [0.4, 0.5) is 0 Å². The van der Waals surface area contributed by atoms with Crippen molar-refractivity contribution in [2.75, 3.05) is 6.54 Å². The summed E-state index contributed by atoms with van der Waals surface area (Å²) < 4.78 is 1.62. The minimum absolute atomic E-state index is 0.0926. The fourth-order valence-corrected chi connectivity index (χ4v) is 4.09. The van der Waals surface area contributed by atoms with E-state index in [1.165, 1.54) is 18.4 Å². The second kappa shape index (κ2) is 8.10. The molecule has 1 unspecified atom stereocenters. The molecule has 6 heteroatoms. The molecule has 1 aromatic carbocycles. The maximum atomic E-state index is 12.8. The van der Waals surface area contributed by atoms with E-state index in [1.54, 1.807) is 16.7 Å². The summed E-state index contributed by atoms with van der Waals surface area (Å²) in [7, 11) is 0. The monoisotopic (exact) mass is 379 g/mol. The molecule has 28 heavy (non-hydrogen) atoms. The lowest BCUT2D eigenvalue weighted by molar-refractivity contribution is 0.0688. The van der Waals surface area contributed by atoms with Gasteiger partial charge in [-0.1, -0.05) is 36.8 Å². The van der Waals surface area contributed by atoms with Crippen LogP contribution in [-0.2, 0) is 0 Å². The van der Waals surface area contributed by atoms with Crippen molar-refractivity contribution in [1.82, 2.24) is 14.9 Å². The predicted molar refractivity (Wildman–Crippen MR) is 109 cm³/mol. The number of aromatic nitrogens is 2. The van der Waals surface area contributed by atoms with E-state index in [-0.39, 0.29) is 6.04 Å². The molecule has 2 atom stereocenters. The van der Waals surface area contributed by atoms with Crippen molar-refractivity contribution in [2.24, 2.45) is 0 Å². The van der Waals surface area contributed by atoms with Crippen LogP contribution in [0.5, 0.6) is 0 Å². The molecule has 2 aromatic rings. The minimum Gasteiger partial charge on any atom is -0.476 e. The lowest BCUT2D eigenvalue weighted by Crippen LogP contribution is -2.35. The zero-order valence-electron chi connectivity index (χ0n) is 15.8. The van der Waals surface area contributed by atoms with E-state index < -0.39 is 17.2 Å². The van der Waals surface area contributed by atoms with Gasteiger partial charge in [0.1, 0.15) is 0 Å². The Balaban J connectivity index is 1.54. The van der Waals surface area contributed by atoms with Gasteiger partial charge in [0.05, 0.1) is 17.1 Å². The highest BCUT2D eigenvalue weighted by Gasteiger charge is 2.28. The van der Waals surface area contributed by atoms with E-state index in [9.17, 15) is 14.7 Å². The van der Waals surface area contributed by atoms with Crippen molar-refractivity contribution in [3.8, 4) is 0 Å². The first-order valence-electron chi connectivity index (χ1n) is 9.98. The van der Waals surface area contributed by atoms with Crippen molar-refractivity contribution < 1.29 is 9.90 Å². The molecular formula is C22H25N3O3. The number of nitrogens with one attached hydrogen (secondary N) is 1. The average Bonchev–Trinajstić information content (AvgIpc) is 2.94. The van der Waals surface area contributed by atoms with Gasteiger partial charge in [-0.25, -0.2) is 9.78 Å². The fraction of sp³-hybridized carbons (Fsp3) is 0.409. The number of carbonyl (C=O) groups is 1. The number of para-hydroxylation sites is 2. The molecule has 4 rings (SSSR count). The molecule has 0 bridgehead atoms. The molecule has 2 aliphatic carbocycles. The van der Waals surface area contributed by atoms with Crippen LogP contribution in [-0.4, -0.2) is 33.2 Å². The molecule has 0 aliphatic heterocycles. The highest BCUT2D eigenvalue weighted by atomic mass is 16.4. The van der Waals surface area contributed by atoms with Gasteiger partial charge >= 0.3 is 5.97 Å². The van der Waals surface area contributed by atoms with Gasteiger partial charge < -0.3 is 10.4 Å². The first kappa shape index (κ1) is 18.6. The van der Waals surface area contributed by atoms with Crippen molar-refractivity contribution in [2.45, 2.75) is 50.6 Å². The van der Waals surface area contributed by atoms with Gasteiger partial charge in [-0.15, -0.1) is 0 Å². The number of nitrogens with zero attached hydrogens (tertiary/aromatic N) is 2. The number of carboxylic acid groups (broad SMARTS) is 1. The van der Waals surface area contributed by atoms with E-state index in [0.717, 1.165) is 32.2 Å². The third kappa shape index (κ3) is 3.64. The smallest absolute Gasteiger partial charge is 0.360 e. The normalized spacial score (nSPS) is 21.8. The third-order valence-corrected chi connectivity index (χ3v) is 5.66. The molecule has 2 aliphatic rings. The Hall–Kier alpha value is -2.73. The van der Waals surface area contributed by atoms with Crippen molar-refractivity contribution >= 4 is 17.0 Å². The molecule has 6 nitrogen and oxygen atoms in total. The second-order valence-electron chi connectivity index (χ2n) is 7.48. The van der Waals surface area contributed by atoms with Crippen molar-refractivity contribution in [3.05, 3.63) is 64.1 Å². The number of fused-ring (bicyclic) bond motifs is 1. The van der Waals surface area contributed by atoms with E-state index in [1.807, 2.05) is 12.1 Å². The van der Waals surface area contributed by atoms with Crippen LogP contribution < -0.4 is 10.9 Å². The SMILES string of the molecule is O=C(O)c1nc2ccccc2n([C@@H]2CC=C2CCNC2C=CCCCC2)c1=O. The molecule has 0 fully saturated rings. The molecule has 1 aromatic heterocycles. The van der Waals surface area contributed by atoms with Gasteiger partial charge in [-0.05, 0) is 56.4 Å². The van der Waals surface area contributed by atoms with Gasteiger partial charge in [0.15, 0.2) is 0 Å². The van der Waals surface area contributed by atoms with Crippen LogP contribution in [0.2, 0.25) is 0 Å². The Morgan fingerprint density at radius 2 is 2.14 bits per heavy atom. The Kier molecular flexibility index (Phi) is 5.39. The number of rotatable bonds is 6. The fourth-order valence-electron chi connectivity index (χ4n) is 4.09. The second-order valence-corrected chi connectivity index (χ2v) is 7.48. The summed E-state index contributed by atoms with van der Waals surface area (Å²) in [5.74, 6) is -1.28. The molecule has 1 heterocycles. The van der Waals surface area contributed by atoms with Gasteiger partial charge in [0.2, 0.25) is 5.69 Å². The van der Waals surface area contributed by atoms with E-state index in [0.29, 0.717) is 17.1 Å². The number of hydrogen-bond donors (Lipinski definition) is 2. The van der Waals surface area contributed by atoms with Crippen LogP contribution in [0.25, 0.3) is 11.0 Å². The average molecular weight is 379 g/mol. The van der Waals surface area contributed by atoms with Gasteiger partial charge in [0, 0.05) is 6.04 Å². The summed E-state index contributed by atoms with van der Waals surface area (Å²) >= 11 is 0. The van der Waals surface area contributed by atoms with Crippen LogP contribution in [0.3, 0.4) is 0 Å². The summed E-state index contributed by atoms with van der Waals surface area (Å²) in [6.07, 6.45) is 13.1.